The summed E-state index contributed by atoms with van der Waals surface area (Å²) in [5.74, 6) is 0.294. The average molecular weight is 380 g/mol. The zero-order chi connectivity index (χ0) is 19.4. The fraction of sp³-hybridized carbons (Fsp3) is 0.389. The average Bonchev–Trinajstić information content (AvgIpc) is 2.89. The molecule has 1 amide bonds. The Bertz CT molecular complexity index is 849. The standard InChI is InChI=1S/C18H19F3N4O2/c19-18(20,21)14-5-6-15(22-12-14)23-8-3-9-24(11-10-23)17(27)13-25-7-2-1-4-16(25)26/h1-2,4-7,12H,3,8-11,13H2. The van der Waals surface area contributed by atoms with E-state index in [0.29, 0.717) is 38.4 Å². The third-order valence-electron chi connectivity index (χ3n) is 4.45. The molecule has 0 bridgehead atoms. The molecule has 6 nitrogen and oxygen atoms in total. The number of pyridine rings is 2. The Morgan fingerprint density at radius 3 is 2.56 bits per heavy atom. The molecule has 0 aliphatic carbocycles. The zero-order valence-electron chi connectivity index (χ0n) is 14.5. The molecule has 3 rings (SSSR count). The number of nitrogens with zero attached hydrogens (tertiary/aromatic N) is 4. The van der Waals surface area contributed by atoms with E-state index in [1.807, 2.05) is 4.90 Å². The summed E-state index contributed by atoms with van der Waals surface area (Å²) in [6.07, 6.45) is -1.36. The van der Waals surface area contributed by atoms with Crippen LogP contribution in [0.15, 0.2) is 47.5 Å². The Morgan fingerprint density at radius 2 is 1.89 bits per heavy atom. The van der Waals surface area contributed by atoms with Crippen LogP contribution in [0.4, 0.5) is 19.0 Å². The molecule has 27 heavy (non-hydrogen) atoms. The molecule has 2 aromatic heterocycles. The monoisotopic (exact) mass is 380 g/mol. The third kappa shape index (κ3) is 4.66. The van der Waals surface area contributed by atoms with Crippen LogP contribution < -0.4 is 10.5 Å². The maximum atomic E-state index is 12.7. The Kier molecular flexibility index (Phi) is 5.48. The summed E-state index contributed by atoms with van der Waals surface area (Å²) in [6, 6.07) is 7.06. The van der Waals surface area contributed by atoms with Gasteiger partial charge in [0.2, 0.25) is 5.91 Å². The molecule has 0 radical (unpaired) electrons. The molecule has 0 unspecified atom stereocenters. The molecule has 0 atom stereocenters. The minimum Gasteiger partial charge on any atom is -0.355 e. The van der Waals surface area contributed by atoms with Gasteiger partial charge in [0.05, 0.1) is 5.56 Å². The summed E-state index contributed by atoms with van der Waals surface area (Å²) in [4.78, 5) is 31.7. The van der Waals surface area contributed by atoms with Gasteiger partial charge >= 0.3 is 6.18 Å². The maximum absolute atomic E-state index is 12.7. The van der Waals surface area contributed by atoms with Gasteiger partial charge < -0.3 is 14.4 Å². The third-order valence-corrected chi connectivity index (χ3v) is 4.45. The molecule has 0 spiro atoms. The van der Waals surface area contributed by atoms with Gasteiger partial charge in [-0.25, -0.2) is 4.98 Å². The fourth-order valence-corrected chi connectivity index (χ4v) is 2.97. The second-order valence-electron chi connectivity index (χ2n) is 6.29. The first-order valence-corrected chi connectivity index (χ1v) is 8.56. The highest BCUT2D eigenvalue weighted by Gasteiger charge is 2.31. The summed E-state index contributed by atoms with van der Waals surface area (Å²) in [5, 5.41) is 0. The molecule has 144 valence electrons. The van der Waals surface area contributed by atoms with Gasteiger partial charge in [0.1, 0.15) is 12.4 Å². The van der Waals surface area contributed by atoms with Crippen molar-refractivity contribution < 1.29 is 18.0 Å². The van der Waals surface area contributed by atoms with E-state index in [0.717, 1.165) is 12.3 Å². The summed E-state index contributed by atoms with van der Waals surface area (Å²) >= 11 is 0. The molecule has 1 aliphatic rings. The molecule has 1 fully saturated rings. The fourth-order valence-electron chi connectivity index (χ4n) is 2.97. The van der Waals surface area contributed by atoms with Gasteiger partial charge in [-0.1, -0.05) is 6.07 Å². The number of hydrogen-bond donors (Lipinski definition) is 0. The number of carbonyl (C=O) groups is 1. The number of amides is 1. The van der Waals surface area contributed by atoms with Gasteiger partial charge in [-0.05, 0) is 24.6 Å². The van der Waals surface area contributed by atoms with Gasteiger partial charge in [0, 0.05) is 44.6 Å². The summed E-state index contributed by atoms with van der Waals surface area (Å²) in [6.45, 7) is 1.97. The summed E-state index contributed by atoms with van der Waals surface area (Å²) < 4.78 is 39.3. The highest BCUT2D eigenvalue weighted by Crippen LogP contribution is 2.29. The molecular formula is C18H19F3N4O2. The van der Waals surface area contributed by atoms with Crippen LogP contribution in [0.1, 0.15) is 12.0 Å². The first kappa shape index (κ1) is 18.9. The predicted octanol–water partition coefficient (Wildman–Crippen LogP) is 2.00. The highest BCUT2D eigenvalue weighted by atomic mass is 19.4. The lowest BCUT2D eigenvalue weighted by atomic mass is 10.2. The van der Waals surface area contributed by atoms with Crippen molar-refractivity contribution >= 4 is 11.7 Å². The first-order chi connectivity index (χ1) is 12.8. The molecular weight excluding hydrogens is 361 g/mol. The number of carbonyl (C=O) groups excluding carboxylic acids is 1. The van der Waals surface area contributed by atoms with Crippen LogP contribution in [0.2, 0.25) is 0 Å². The van der Waals surface area contributed by atoms with E-state index in [-0.39, 0.29) is 18.0 Å². The van der Waals surface area contributed by atoms with E-state index in [9.17, 15) is 22.8 Å². The normalized spacial score (nSPS) is 15.5. The van der Waals surface area contributed by atoms with Gasteiger partial charge in [-0.3, -0.25) is 9.59 Å². The second kappa shape index (κ2) is 7.81. The largest absolute Gasteiger partial charge is 0.417 e. The van der Waals surface area contributed by atoms with Crippen molar-refractivity contribution in [3.8, 4) is 0 Å². The minimum absolute atomic E-state index is 0.0296. The van der Waals surface area contributed by atoms with Crippen LogP contribution in [0.5, 0.6) is 0 Å². The van der Waals surface area contributed by atoms with Crippen LogP contribution in [0.3, 0.4) is 0 Å². The van der Waals surface area contributed by atoms with Crippen molar-refractivity contribution in [2.24, 2.45) is 0 Å². The van der Waals surface area contributed by atoms with Crippen molar-refractivity contribution in [1.29, 1.82) is 0 Å². The lowest BCUT2D eigenvalue weighted by Crippen LogP contribution is -2.38. The smallest absolute Gasteiger partial charge is 0.355 e. The minimum atomic E-state index is -4.41. The Labute approximate surface area is 153 Å². The van der Waals surface area contributed by atoms with Gasteiger partial charge in [0.25, 0.3) is 5.56 Å². The highest BCUT2D eigenvalue weighted by molar-refractivity contribution is 5.76. The molecule has 0 aromatic carbocycles. The molecule has 2 aromatic rings. The van der Waals surface area contributed by atoms with E-state index < -0.39 is 11.7 Å². The topological polar surface area (TPSA) is 58.4 Å². The summed E-state index contributed by atoms with van der Waals surface area (Å²) in [7, 11) is 0. The first-order valence-electron chi connectivity index (χ1n) is 8.56. The number of aromatic nitrogens is 2. The lowest BCUT2D eigenvalue weighted by Gasteiger charge is -2.23. The molecule has 9 heteroatoms. The molecule has 1 saturated heterocycles. The van der Waals surface area contributed by atoms with Crippen LogP contribution >= 0.6 is 0 Å². The second-order valence-corrected chi connectivity index (χ2v) is 6.29. The van der Waals surface area contributed by atoms with E-state index in [1.165, 1.54) is 16.7 Å². The van der Waals surface area contributed by atoms with E-state index in [4.69, 9.17) is 0 Å². The van der Waals surface area contributed by atoms with E-state index >= 15 is 0 Å². The van der Waals surface area contributed by atoms with E-state index in [2.05, 4.69) is 4.98 Å². The molecule has 0 saturated carbocycles. The van der Waals surface area contributed by atoms with Crippen molar-refractivity contribution in [2.45, 2.75) is 19.1 Å². The number of rotatable bonds is 3. The van der Waals surface area contributed by atoms with Crippen LogP contribution in [-0.4, -0.2) is 46.5 Å². The van der Waals surface area contributed by atoms with Crippen LogP contribution in [-0.2, 0) is 17.5 Å². The van der Waals surface area contributed by atoms with Gasteiger partial charge in [-0.2, -0.15) is 13.2 Å². The Morgan fingerprint density at radius 1 is 1.07 bits per heavy atom. The van der Waals surface area contributed by atoms with Crippen LogP contribution in [0.25, 0.3) is 0 Å². The number of hydrogen-bond acceptors (Lipinski definition) is 4. The predicted molar refractivity (Wildman–Crippen MR) is 93.4 cm³/mol. The summed E-state index contributed by atoms with van der Waals surface area (Å²) in [5.41, 5.74) is -1.03. The molecule has 1 aliphatic heterocycles. The van der Waals surface area contributed by atoms with Gasteiger partial charge in [-0.15, -0.1) is 0 Å². The number of halogens is 3. The zero-order valence-corrected chi connectivity index (χ0v) is 14.5. The number of alkyl halides is 3. The quantitative estimate of drug-likeness (QED) is 0.817. The van der Waals surface area contributed by atoms with Gasteiger partial charge in [0.15, 0.2) is 0 Å². The molecule has 3 heterocycles. The van der Waals surface area contributed by atoms with Crippen LogP contribution in [0, 0.1) is 0 Å². The lowest BCUT2D eigenvalue weighted by molar-refractivity contribution is -0.137. The maximum Gasteiger partial charge on any atom is 0.417 e. The van der Waals surface area contributed by atoms with Crippen molar-refractivity contribution in [1.82, 2.24) is 14.5 Å². The Balaban J connectivity index is 1.62. The van der Waals surface area contributed by atoms with Crippen molar-refractivity contribution in [2.75, 3.05) is 31.1 Å². The van der Waals surface area contributed by atoms with Crippen molar-refractivity contribution in [3.05, 3.63) is 58.6 Å². The number of anilines is 1. The van der Waals surface area contributed by atoms with E-state index in [1.54, 1.807) is 23.2 Å². The van der Waals surface area contributed by atoms with Crippen molar-refractivity contribution in [3.63, 3.8) is 0 Å². The Hall–Kier alpha value is -2.84. The SMILES string of the molecule is O=C(Cn1ccccc1=O)N1CCCN(c2ccc(C(F)(F)F)cn2)CC1. The molecule has 0 N–H and O–H groups in total.